The monoisotopic (exact) mass is 416 g/mol. The predicted molar refractivity (Wildman–Crippen MR) is 107 cm³/mol. The first-order chi connectivity index (χ1) is 13.5. The van der Waals surface area contributed by atoms with Gasteiger partial charge in [-0.3, -0.25) is 9.56 Å². The highest BCUT2D eigenvalue weighted by Gasteiger charge is 2.36. The third-order valence-corrected chi connectivity index (χ3v) is 7.04. The van der Waals surface area contributed by atoms with Crippen LogP contribution in [0.5, 0.6) is 0 Å². The van der Waals surface area contributed by atoms with Crippen LogP contribution in [0, 0.1) is 18.7 Å². The molecule has 0 bridgehead atoms. The molecule has 1 aromatic carbocycles. The van der Waals surface area contributed by atoms with Crippen molar-refractivity contribution >= 4 is 28.6 Å². The Hall–Kier alpha value is -2.09. The normalized spacial score (nSPS) is 20.4. The summed E-state index contributed by atoms with van der Waals surface area (Å²) in [5, 5.41) is 19.5. The van der Waals surface area contributed by atoms with E-state index in [2.05, 4.69) is 10.2 Å². The minimum absolute atomic E-state index is 0.135. The summed E-state index contributed by atoms with van der Waals surface area (Å²) in [7, 11) is 0. The van der Waals surface area contributed by atoms with E-state index in [4.69, 9.17) is 16.6 Å². The molecule has 5 rings (SSSR count). The molecule has 1 unspecified atom stereocenters. The number of rotatable bonds is 2. The molecule has 1 N–H and O–H groups in total. The van der Waals surface area contributed by atoms with Crippen LogP contribution in [0.25, 0.3) is 5.00 Å². The van der Waals surface area contributed by atoms with Gasteiger partial charge in [-0.25, -0.2) is 4.39 Å². The van der Waals surface area contributed by atoms with E-state index in [1.54, 1.807) is 23.5 Å². The van der Waals surface area contributed by atoms with Crippen LogP contribution >= 0.6 is 22.9 Å². The molecule has 28 heavy (non-hydrogen) atoms. The first-order valence-electron chi connectivity index (χ1n) is 9.19. The molecule has 5 nitrogen and oxygen atoms in total. The Morgan fingerprint density at radius 3 is 2.86 bits per heavy atom. The maximum Gasteiger partial charge on any atom is 0.162 e. The van der Waals surface area contributed by atoms with Crippen LogP contribution in [-0.4, -0.2) is 32.2 Å². The summed E-state index contributed by atoms with van der Waals surface area (Å²) in [5.74, 6) is 1.30. The zero-order chi connectivity index (χ0) is 19.6. The first kappa shape index (κ1) is 18.0. The summed E-state index contributed by atoms with van der Waals surface area (Å²) < 4.78 is 16.9. The van der Waals surface area contributed by atoms with Crippen molar-refractivity contribution in [1.29, 1.82) is 0 Å². The van der Waals surface area contributed by atoms with E-state index in [-0.39, 0.29) is 18.6 Å². The Morgan fingerprint density at radius 2 is 2.11 bits per heavy atom. The van der Waals surface area contributed by atoms with Gasteiger partial charge < -0.3 is 5.11 Å². The second-order valence-electron chi connectivity index (χ2n) is 7.33. The predicted octanol–water partition coefficient (Wildman–Crippen LogP) is 4.05. The van der Waals surface area contributed by atoms with E-state index in [0.717, 1.165) is 40.6 Å². The fraction of sp³-hybridized carbons (Fsp3) is 0.350. The summed E-state index contributed by atoms with van der Waals surface area (Å²) in [5.41, 5.74) is 2.91. The van der Waals surface area contributed by atoms with Crippen molar-refractivity contribution in [2.45, 2.75) is 32.7 Å². The number of aliphatic hydroxyl groups excluding tert-OH is 1. The van der Waals surface area contributed by atoms with E-state index in [1.807, 2.05) is 18.4 Å². The third-order valence-electron chi connectivity index (χ3n) is 5.48. The molecular weight excluding hydrogens is 399 g/mol. The molecule has 1 aliphatic heterocycles. The molecule has 3 heterocycles. The number of aliphatic hydroxyl groups is 1. The Morgan fingerprint density at radius 1 is 1.29 bits per heavy atom. The van der Waals surface area contributed by atoms with Gasteiger partial charge in [-0.1, -0.05) is 17.7 Å². The van der Waals surface area contributed by atoms with Crippen LogP contribution in [0.2, 0.25) is 5.02 Å². The minimum atomic E-state index is -0.393. The van der Waals surface area contributed by atoms with Gasteiger partial charge in [0, 0.05) is 17.0 Å². The van der Waals surface area contributed by atoms with E-state index in [0.29, 0.717) is 16.3 Å². The molecule has 0 spiro atoms. The Labute approximate surface area is 170 Å². The van der Waals surface area contributed by atoms with Gasteiger partial charge >= 0.3 is 0 Å². The lowest BCUT2D eigenvalue weighted by Gasteiger charge is -2.13. The number of aryl methyl sites for hydroxylation is 1. The number of fused-ring (bicyclic) bond motifs is 5. The summed E-state index contributed by atoms with van der Waals surface area (Å²) in [4.78, 5) is 6.08. The van der Waals surface area contributed by atoms with Gasteiger partial charge in [-0.2, -0.15) is 0 Å². The molecule has 1 aliphatic carbocycles. The summed E-state index contributed by atoms with van der Waals surface area (Å²) in [6, 6.07) is 4.40. The molecule has 0 saturated heterocycles. The highest BCUT2D eigenvalue weighted by atomic mass is 35.5. The number of nitrogens with zero attached hydrogens (tertiary/aromatic N) is 4. The number of hydrogen-bond donors (Lipinski definition) is 1. The SMILES string of the molecule is Cc1nnc2n1-c1sc3c(c1C(c1c(F)cccc1Cl)=N[C@H]2C)CC(CO)C3. The molecule has 2 aliphatic rings. The smallest absolute Gasteiger partial charge is 0.162 e. The molecule has 2 aromatic heterocycles. The van der Waals surface area contributed by atoms with Crippen molar-refractivity contribution < 1.29 is 9.50 Å². The zero-order valence-corrected chi connectivity index (χ0v) is 17.0. The number of halogens is 2. The van der Waals surface area contributed by atoms with Crippen molar-refractivity contribution in [3.8, 4) is 5.00 Å². The van der Waals surface area contributed by atoms with Gasteiger partial charge in [0.15, 0.2) is 5.82 Å². The minimum Gasteiger partial charge on any atom is -0.396 e. The average molecular weight is 417 g/mol. The number of aliphatic imine (C=N–C) groups is 1. The second-order valence-corrected chi connectivity index (χ2v) is 8.82. The van der Waals surface area contributed by atoms with E-state index < -0.39 is 5.82 Å². The molecule has 8 heteroatoms. The van der Waals surface area contributed by atoms with Gasteiger partial charge in [-0.15, -0.1) is 21.5 Å². The van der Waals surface area contributed by atoms with Gasteiger partial charge in [0.05, 0.1) is 16.3 Å². The summed E-state index contributed by atoms with van der Waals surface area (Å²) in [6.45, 7) is 3.98. The van der Waals surface area contributed by atoms with Crippen molar-refractivity contribution in [1.82, 2.24) is 14.8 Å². The van der Waals surface area contributed by atoms with Crippen molar-refractivity contribution in [3.63, 3.8) is 0 Å². The van der Waals surface area contributed by atoms with Crippen molar-refractivity contribution in [3.05, 3.63) is 62.3 Å². The number of benzene rings is 1. The summed E-state index contributed by atoms with van der Waals surface area (Å²) in [6.07, 6.45) is 1.56. The van der Waals surface area contributed by atoms with Gasteiger partial charge in [0.2, 0.25) is 0 Å². The van der Waals surface area contributed by atoms with Crippen LogP contribution in [0.15, 0.2) is 23.2 Å². The maximum absolute atomic E-state index is 14.9. The van der Waals surface area contributed by atoms with Gasteiger partial charge in [0.1, 0.15) is 22.7 Å². The molecule has 144 valence electrons. The van der Waals surface area contributed by atoms with E-state index in [9.17, 15) is 9.50 Å². The fourth-order valence-electron chi connectivity index (χ4n) is 4.16. The molecule has 3 aromatic rings. The second kappa shape index (κ2) is 6.47. The van der Waals surface area contributed by atoms with E-state index >= 15 is 0 Å². The van der Waals surface area contributed by atoms with Crippen LogP contribution in [0.4, 0.5) is 4.39 Å². The average Bonchev–Trinajstić information content (AvgIpc) is 3.30. The largest absolute Gasteiger partial charge is 0.396 e. The fourth-order valence-corrected chi connectivity index (χ4v) is 5.91. The highest BCUT2D eigenvalue weighted by molar-refractivity contribution is 7.15. The molecule has 0 radical (unpaired) electrons. The number of aromatic nitrogens is 3. The first-order valence-corrected chi connectivity index (χ1v) is 10.4. The molecule has 0 amide bonds. The van der Waals surface area contributed by atoms with Crippen LogP contribution in [0.1, 0.15) is 46.2 Å². The zero-order valence-electron chi connectivity index (χ0n) is 15.4. The molecule has 0 saturated carbocycles. The van der Waals surface area contributed by atoms with E-state index in [1.165, 1.54) is 10.9 Å². The van der Waals surface area contributed by atoms with Gasteiger partial charge in [-0.05, 0) is 50.3 Å². The van der Waals surface area contributed by atoms with Crippen LogP contribution in [0.3, 0.4) is 0 Å². The molecule has 0 fully saturated rings. The number of hydrogen-bond acceptors (Lipinski definition) is 5. The third kappa shape index (κ3) is 2.50. The number of thiophene rings is 1. The lowest BCUT2D eigenvalue weighted by atomic mass is 9.97. The molecule has 2 atom stereocenters. The van der Waals surface area contributed by atoms with Crippen molar-refractivity contribution in [2.24, 2.45) is 10.9 Å². The Kier molecular flexibility index (Phi) is 4.15. The topological polar surface area (TPSA) is 63.3 Å². The maximum atomic E-state index is 14.9. The van der Waals surface area contributed by atoms with Crippen molar-refractivity contribution in [2.75, 3.05) is 6.61 Å². The highest BCUT2D eigenvalue weighted by Crippen LogP contribution is 2.44. The Bertz CT molecular complexity index is 1120. The Balaban J connectivity index is 1.84. The molecular formula is C20H18ClFN4OS. The summed E-state index contributed by atoms with van der Waals surface area (Å²) >= 11 is 8.08. The van der Waals surface area contributed by atoms with Crippen LogP contribution < -0.4 is 0 Å². The quantitative estimate of drug-likeness (QED) is 0.685. The lowest BCUT2D eigenvalue weighted by Crippen LogP contribution is -2.12. The standard InChI is InChI=1S/C20H18ClFN4OS/c1-9-19-25-24-10(2)26(19)20-16(12-6-11(8-27)7-15(12)28-20)18(23-9)17-13(21)4-3-5-14(17)22/h3-5,9,11,27H,6-8H2,1-2H3/t9-,11?/m0/s1. The van der Waals surface area contributed by atoms with Gasteiger partial charge in [0.25, 0.3) is 0 Å². The lowest BCUT2D eigenvalue weighted by molar-refractivity contribution is 0.232. The van der Waals surface area contributed by atoms with Crippen LogP contribution in [-0.2, 0) is 12.8 Å².